The smallest absolute Gasteiger partial charge is 0.255 e. The van der Waals surface area contributed by atoms with E-state index in [2.05, 4.69) is 84.6 Å². The zero-order valence-corrected chi connectivity index (χ0v) is 18.1. The van der Waals surface area contributed by atoms with E-state index in [0.29, 0.717) is 6.54 Å². The van der Waals surface area contributed by atoms with Crippen LogP contribution < -0.4 is 0 Å². The summed E-state index contributed by atoms with van der Waals surface area (Å²) in [6, 6.07) is 29.7. The molecule has 0 saturated heterocycles. The maximum absolute atomic E-state index is 14.1. The van der Waals surface area contributed by atoms with Crippen molar-refractivity contribution >= 4 is 16.7 Å². The third-order valence-corrected chi connectivity index (χ3v) is 6.56. The van der Waals surface area contributed by atoms with Crippen molar-refractivity contribution in [1.82, 2.24) is 4.90 Å². The van der Waals surface area contributed by atoms with Crippen LogP contribution in [0.5, 0.6) is 0 Å². The maximum Gasteiger partial charge on any atom is 0.255 e. The molecule has 154 valence electrons. The molecule has 2 heteroatoms. The van der Waals surface area contributed by atoms with Gasteiger partial charge in [-0.3, -0.25) is 4.79 Å². The first-order chi connectivity index (χ1) is 15.1. The molecule has 0 spiro atoms. The van der Waals surface area contributed by atoms with Crippen LogP contribution >= 0.6 is 0 Å². The summed E-state index contributed by atoms with van der Waals surface area (Å²) in [6.45, 7) is 4.77. The van der Waals surface area contributed by atoms with Gasteiger partial charge in [0.25, 0.3) is 5.91 Å². The number of benzene rings is 4. The Hall–Kier alpha value is -3.39. The Labute approximate surface area is 184 Å². The number of hydrogen-bond donors (Lipinski definition) is 0. The third kappa shape index (κ3) is 3.74. The van der Waals surface area contributed by atoms with Crippen molar-refractivity contribution in [3.05, 3.63) is 118 Å². The number of carbonyl (C=O) groups excluding carboxylic acids is 1. The van der Waals surface area contributed by atoms with Crippen molar-refractivity contribution in [2.24, 2.45) is 0 Å². The lowest BCUT2D eigenvalue weighted by atomic mass is 9.97. The first-order valence-electron chi connectivity index (χ1n) is 11.0. The van der Waals surface area contributed by atoms with Crippen LogP contribution in [-0.4, -0.2) is 16.8 Å². The van der Waals surface area contributed by atoms with E-state index in [9.17, 15) is 4.79 Å². The van der Waals surface area contributed by atoms with Crippen molar-refractivity contribution in [2.75, 3.05) is 0 Å². The predicted molar refractivity (Wildman–Crippen MR) is 127 cm³/mol. The van der Waals surface area contributed by atoms with Crippen molar-refractivity contribution < 1.29 is 4.79 Å². The fourth-order valence-corrected chi connectivity index (χ4v) is 4.82. The van der Waals surface area contributed by atoms with Crippen LogP contribution in [0.15, 0.2) is 84.9 Å². The standard InChI is InChI=1S/C29H27NO/c1-20-11-14-22(15-12-20)19-30(26-17-24-8-3-4-9-25(24)18-26)29(31)28-21(2)13-16-23-7-5-6-10-27(23)28/h3-16,26H,17-19H2,1-2H3. The van der Waals surface area contributed by atoms with Crippen molar-refractivity contribution in [1.29, 1.82) is 0 Å². The molecule has 31 heavy (non-hydrogen) atoms. The highest BCUT2D eigenvalue weighted by atomic mass is 16.2. The highest BCUT2D eigenvalue weighted by molar-refractivity contribution is 6.08. The van der Waals surface area contributed by atoms with Crippen molar-refractivity contribution in [3.63, 3.8) is 0 Å². The number of amides is 1. The molecule has 4 aromatic rings. The molecule has 0 aromatic heterocycles. The van der Waals surface area contributed by atoms with Crippen LogP contribution in [0.1, 0.15) is 38.2 Å². The Kier molecular flexibility index (Phi) is 5.07. The summed E-state index contributed by atoms with van der Waals surface area (Å²) in [5, 5.41) is 2.15. The lowest BCUT2D eigenvalue weighted by Crippen LogP contribution is -2.40. The minimum absolute atomic E-state index is 0.132. The van der Waals surface area contributed by atoms with Gasteiger partial charge in [-0.05, 0) is 59.7 Å². The fourth-order valence-electron chi connectivity index (χ4n) is 4.82. The lowest BCUT2D eigenvalue weighted by Gasteiger charge is -2.30. The molecule has 5 rings (SSSR count). The molecule has 0 aliphatic heterocycles. The van der Waals surface area contributed by atoms with Gasteiger partial charge in [0.1, 0.15) is 0 Å². The lowest BCUT2D eigenvalue weighted by molar-refractivity contribution is 0.0669. The maximum atomic E-state index is 14.1. The molecule has 0 saturated carbocycles. The summed E-state index contributed by atoms with van der Waals surface area (Å²) >= 11 is 0. The van der Waals surface area contributed by atoms with E-state index >= 15 is 0 Å². The molecule has 2 nitrogen and oxygen atoms in total. The fraction of sp³-hybridized carbons (Fsp3) is 0.207. The van der Waals surface area contributed by atoms with E-state index in [1.165, 1.54) is 22.3 Å². The number of fused-ring (bicyclic) bond motifs is 2. The van der Waals surface area contributed by atoms with Crippen LogP contribution in [0.2, 0.25) is 0 Å². The Morgan fingerprint density at radius 1 is 0.806 bits per heavy atom. The zero-order valence-electron chi connectivity index (χ0n) is 18.1. The van der Waals surface area contributed by atoms with Crippen molar-refractivity contribution in [3.8, 4) is 0 Å². The second-order valence-electron chi connectivity index (χ2n) is 8.73. The zero-order chi connectivity index (χ0) is 21.4. The number of rotatable bonds is 4. The largest absolute Gasteiger partial charge is 0.331 e. The molecule has 0 fully saturated rings. The molecule has 1 amide bonds. The Balaban J connectivity index is 1.57. The van der Waals surface area contributed by atoms with Gasteiger partial charge < -0.3 is 4.90 Å². The molecule has 0 unspecified atom stereocenters. The van der Waals surface area contributed by atoms with E-state index in [-0.39, 0.29) is 11.9 Å². The minimum atomic E-state index is 0.132. The molecule has 0 atom stereocenters. The first kappa shape index (κ1) is 19.6. The van der Waals surface area contributed by atoms with Gasteiger partial charge >= 0.3 is 0 Å². The van der Waals surface area contributed by atoms with Gasteiger partial charge in [0.2, 0.25) is 0 Å². The van der Waals surface area contributed by atoms with Gasteiger partial charge in [-0.25, -0.2) is 0 Å². The second-order valence-corrected chi connectivity index (χ2v) is 8.73. The van der Waals surface area contributed by atoms with Gasteiger partial charge in [0.15, 0.2) is 0 Å². The minimum Gasteiger partial charge on any atom is -0.331 e. The first-order valence-corrected chi connectivity index (χ1v) is 11.0. The quantitative estimate of drug-likeness (QED) is 0.392. The highest BCUT2D eigenvalue weighted by Crippen LogP contribution is 2.30. The number of hydrogen-bond acceptors (Lipinski definition) is 1. The Morgan fingerprint density at radius 2 is 1.45 bits per heavy atom. The van der Waals surface area contributed by atoms with E-state index in [1.807, 2.05) is 19.1 Å². The van der Waals surface area contributed by atoms with Crippen LogP contribution in [0.4, 0.5) is 0 Å². The summed E-state index contributed by atoms with van der Waals surface area (Å²) in [7, 11) is 0. The van der Waals surface area contributed by atoms with E-state index in [4.69, 9.17) is 0 Å². The summed E-state index contributed by atoms with van der Waals surface area (Å²) in [4.78, 5) is 16.2. The van der Waals surface area contributed by atoms with Gasteiger partial charge in [-0.2, -0.15) is 0 Å². The normalized spacial score (nSPS) is 13.4. The SMILES string of the molecule is Cc1ccc(CN(C(=O)c2c(C)ccc3ccccc23)C2Cc3ccccc3C2)cc1. The average Bonchev–Trinajstić information content (AvgIpc) is 3.22. The van der Waals surface area contributed by atoms with Gasteiger partial charge in [-0.15, -0.1) is 0 Å². The van der Waals surface area contributed by atoms with Crippen LogP contribution in [0, 0.1) is 13.8 Å². The molecule has 1 aliphatic rings. The molecule has 0 N–H and O–H groups in total. The van der Waals surface area contributed by atoms with Crippen molar-refractivity contribution in [2.45, 2.75) is 39.3 Å². The predicted octanol–water partition coefficient (Wildman–Crippen LogP) is 6.27. The second kappa shape index (κ2) is 8.03. The average molecular weight is 406 g/mol. The summed E-state index contributed by atoms with van der Waals surface area (Å²) in [5.74, 6) is 0.132. The van der Waals surface area contributed by atoms with Crippen LogP contribution in [0.25, 0.3) is 10.8 Å². The van der Waals surface area contributed by atoms with E-state index in [1.54, 1.807) is 0 Å². The summed E-state index contributed by atoms with van der Waals surface area (Å²) in [6.07, 6.45) is 1.83. The van der Waals surface area contributed by atoms with Gasteiger partial charge in [0.05, 0.1) is 5.56 Å². The molecular formula is C29H27NO. The third-order valence-electron chi connectivity index (χ3n) is 6.56. The molecule has 4 aromatic carbocycles. The molecule has 0 radical (unpaired) electrons. The molecule has 0 heterocycles. The molecule has 0 bridgehead atoms. The monoisotopic (exact) mass is 405 g/mol. The number of carbonyl (C=O) groups is 1. The molecular weight excluding hydrogens is 378 g/mol. The van der Waals surface area contributed by atoms with Gasteiger partial charge in [0, 0.05) is 12.6 Å². The number of nitrogens with zero attached hydrogens (tertiary/aromatic N) is 1. The topological polar surface area (TPSA) is 20.3 Å². The highest BCUT2D eigenvalue weighted by Gasteiger charge is 2.31. The van der Waals surface area contributed by atoms with Crippen LogP contribution in [-0.2, 0) is 19.4 Å². The number of aryl methyl sites for hydroxylation is 2. The van der Waals surface area contributed by atoms with Crippen LogP contribution in [0.3, 0.4) is 0 Å². The van der Waals surface area contributed by atoms with E-state index < -0.39 is 0 Å². The Bertz CT molecular complexity index is 1230. The summed E-state index contributed by atoms with van der Waals surface area (Å²) in [5.41, 5.74) is 7.01. The van der Waals surface area contributed by atoms with E-state index in [0.717, 1.165) is 34.7 Å². The van der Waals surface area contributed by atoms with Gasteiger partial charge in [-0.1, -0.05) is 90.5 Å². The Morgan fingerprint density at radius 3 is 2.16 bits per heavy atom. The molecule has 1 aliphatic carbocycles. The summed E-state index contributed by atoms with van der Waals surface area (Å²) < 4.78 is 0.